The highest BCUT2D eigenvalue weighted by Gasteiger charge is 2.34. The zero-order valence-corrected chi connectivity index (χ0v) is 14.3. The molecule has 0 aromatic carbocycles. The van der Waals surface area contributed by atoms with E-state index in [9.17, 15) is 0 Å². The third-order valence-corrected chi connectivity index (χ3v) is 5.85. The van der Waals surface area contributed by atoms with Crippen LogP contribution in [-0.2, 0) is 0 Å². The molecule has 2 unspecified atom stereocenters. The van der Waals surface area contributed by atoms with Crippen LogP contribution in [0.2, 0.25) is 0 Å². The van der Waals surface area contributed by atoms with Gasteiger partial charge in [0, 0.05) is 18.1 Å². The van der Waals surface area contributed by atoms with Gasteiger partial charge in [-0.1, -0.05) is 40.0 Å². The Bertz CT molecular complexity index is 277. The molecule has 0 radical (unpaired) electrons. The fourth-order valence-corrected chi connectivity index (χ4v) is 4.34. The molecular weight excluding hydrogens is 244 g/mol. The Morgan fingerprint density at radius 1 is 1.00 bits per heavy atom. The highest BCUT2D eigenvalue weighted by molar-refractivity contribution is 4.91. The smallest absolute Gasteiger partial charge is 0.0249 e. The van der Waals surface area contributed by atoms with E-state index < -0.39 is 0 Å². The first kappa shape index (κ1) is 16.3. The van der Waals surface area contributed by atoms with E-state index in [4.69, 9.17) is 0 Å². The van der Waals surface area contributed by atoms with Crippen molar-refractivity contribution < 1.29 is 0 Å². The van der Waals surface area contributed by atoms with E-state index in [-0.39, 0.29) is 0 Å². The highest BCUT2D eigenvalue weighted by Crippen LogP contribution is 2.38. The van der Waals surface area contributed by atoms with Crippen molar-refractivity contribution in [1.29, 1.82) is 0 Å². The van der Waals surface area contributed by atoms with Gasteiger partial charge in [-0.05, 0) is 57.5 Å². The largest absolute Gasteiger partial charge is 0.313 e. The summed E-state index contributed by atoms with van der Waals surface area (Å²) in [6.07, 6.45) is 12.7. The second-order valence-corrected chi connectivity index (χ2v) is 7.93. The first-order valence-electron chi connectivity index (χ1n) is 8.99. The molecule has 2 nitrogen and oxygen atoms in total. The fourth-order valence-electron chi connectivity index (χ4n) is 4.34. The van der Waals surface area contributed by atoms with Gasteiger partial charge in [0.25, 0.3) is 0 Å². The number of rotatable bonds is 4. The van der Waals surface area contributed by atoms with E-state index in [1.165, 1.54) is 57.8 Å². The van der Waals surface area contributed by atoms with E-state index in [1.54, 1.807) is 0 Å². The zero-order valence-electron chi connectivity index (χ0n) is 14.3. The van der Waals surface area contributed by atoms with Crippen LogP contribution in [0.1, 0.15) is 78.6 Å². The van der Waals surface area contributed by atoms with Crippen LogP contribution < -0.4 is 5.32 Å². The van der Waals surface area contributed by atoms with Crippen LogP contribution in [0.3, 0.4) is 0 Å². The number of hydrogen-bond acceptors (Lipinski definition) is 2. The Hall–Kier alpha value is -0.0800. The van der Waals surface area contributed by atoms with Crippen LogP contribution in [0.4, 0.5) is 0 Å². The molecule has 2 fully saturated rings. The minimum absolute atomic E-state index is 0.585. The molecule has 2 atom stereocenters. The molecule has 0 bridgehead atoms. The Labute approximate surface area is 126 Å². The molecule has 2 heteroatoms. The Balaban J connectivity index is 1.96. The molecule has 118 valence electrons. The lowest BCUT2D eigenvalue weighted by Gasteiger charge is -2.44. The van der Waals surface area contributed by atoms with Gasteiger partial charge in [0.05, 0.1) is 0 Å². The summed E-state index contributed by atoms with van der Waals surface area (Å²) in [5.74, 6) is 0. The van der Waals surface area contributed by atoms with E-state index in [1.807, 2.05) is 0 Å². The van der Waals surface area contributed by atoms with Gasteiger partial charge in [-0.15, -0.1) is 0 Å². The lowest BCUT2D eigenvalue weighted by molar-refractivity contribution is 0.0744. The van der Waals surface area contributed by atoms with Crippen LogP contribution in [0.5, 0.6) is 0 Å². The molecule has 2 aliphatic carbocycles. The van der Waals surface area contributed by atoms with E-state index >= 15 is 0 Å². The van der Waals surface area contributed by atoms with Gasteiger partial charge >= 0.3 is 0 Å². The lowest BCUT2D eigenvalue weighted by atomic mass is 9.75. The van der Waals surface area contributed by atoms with Gasteiger partial charge in [-0.3, -0.25) is 4.90 Å². The van der Waals surface area contributed by atoms with E-state index in [2.05, 4.69) is 38.0 Å². The molecule has 0 aromatic rings. The van der Waals surface area contributed by atoms with Gasteiger partial charge in [0.1, 0.15) is 0 Å². The SMILES string of the molecule is CCNC1CCCCCC1N(C)C1CCC(C)(C)CC1. The van der Waals surface area contributed by atoms with Crippen molar-refractivity contribution >= 4 is 0 Å². The summed E-state index contributed by atoms with van der Waals surface area (Å²) in [7, 11) is 2.41. The molecule has 0 aromatic heterocycles. The van der Waals surface area contributed by atoms with Crippen molar-refractivity contribution in [2.45, 2.75) is 96.7 Å². The molecule has 1 N–H and O–H groups in total. The molecule has 0 saturated heterocycles. The van der Waals surface area contributed by atoms with Crippen molar-refractivity contribution in [2.24, 2.45) is 5.41 Å². The third-order valence-electron chi connectivity index (χ3n) is 5.85. The molecule has 2 saturated carbocycles. The number of nitrogens with zero attached hydrogens (tertiary/aromatic N) is 1. The molecule has 20 heavy (non-hydrogen) atoms. The molecular formula is C18H36N2. The van der Waals surface area contributed by atoms with Gasteiger partial charge in [0.15, 0.2) is 0 Å². The Kier molecular flexibility index (Phi) is 5.92. The Morgan fingerprint density at radius 3 is 2.30 bits per heavy atom. The maximum absolute atomic E-state index is 3.77. The molecule has 0 aliphatic heterocycles. The quantitative estimate of drug-likeness (QED) is 0.777. The van der Waals surface area contributed by atoms with Crippen LogP contribution >= 0.6 is 0 Å². The predicted octanol–water partition coefficient (Wildman–Crippen LogP) is 4.20. The summed E-state index contributed by atoms with van der Waals surface area (Å²) in [4.78, 5) is 2.76. The number of nitrogens with one attached hydrogen (secondary N) is 1. The second-order valence-electron chi connectivity index (χ2n) is 7.93. The molecule has 0 heterocycles. The maximum atomic E-state index is 3.77. The predicted molar refractivity (Wildman–Crippen MR) is 88.1 cm³/mol. The maximum Gasteiger partial charge on any atom is 0.0249 e. The van der Waals surface area contributed by atoms with Crippen molar-refractivity contribution in [1.82, 2.24) is 10.2 Å². The molecule has 2 aliphatic rings. The van der Waals surface area contributed by atoms with E-state index in [0.717, 1.165) is 24.7 Å². The third kappa shape index (κ3) is 4.21. The summed E-state index contributed by atoms with van der Waals surface area (Å²) in [6.45, 7) is 8.25. The average Bonchev–Trinajstić information content (AvgIpc) is 2.64. The highest BCUT2D eigenvalue weighted by atomic mass is 15.2. The average molecular weight is 281 g/mol. The number of likely N-dealkylation sites (N-methyl/N-ethyl adjacent to an activating group) is 2. The van der Waals surface area contributed by atoms with Gasteiger partial charge < -0.3 is 5.32 Å². The van der Waals surface area contributed by atoms with Crippen LogP contribution in [-0.4, -0.2) is 36.6 Å². The second kappa shape index (κ2) is 7.26. The molecule has 2 rings (SSSR count). The standard InChI is InChI=1S/C18H36N2/c1-5-19-16-9-7-6-8-10-17(16)20(4)15-11-13-18(2,3)14-12-15/h15-17,19H,5-14H2,1-4H3. The summed E-state index contributed by atoms with van der Waals surface area (Å²) < 4.78 is 0. The van der Waals surface area contributed by atoms with Gasteiger partial charge in [-0.25, -0.2) is 0 Å². The van der Waals surface area contributed by atoms with Crippen molar-refractivity contribution in [2.75, 3.05) is 13.6 Å². The van der Waals surface area contributed by atoms with Crippen molar-refractivity contribution in [3.63, 3.8) is 0 Å². The molecule has 0 amide bonds. The van der Waals surface area contributed by atoms with Crippen molar-refractivity contribution in [3.8, 4) is 0 Å². The minimum atomic E-state index is 0.585. The van der Waals surface area contributed by atoms with E-state index in [0.29, 0.717) is 5.41 Å². The van der Waals surface area contributed by atoms with Crippen LogP contribution in [0, 0.1) is 5.41 Å². The first-order valence-corrected chi connectivity index (χ1v) is 8.99. The minimum Gasteiger partial charge on any atom is -0.313 e. The lowest BCUT2D eigenvalue weighted by Crippen LogP contribution is -2.52. The fraction of sp³-hybridized carbons (Fsp3) is 1.00. The summed E-state index contributed by atoms with van der Waals surface area (Å²) >= 11 is 0. The molecule has 0 spiro atoms. The zero-order chi connectivity index (χ0) is 14.6. The first-order chi connectivity index (χ1) is 9.53. The Morgan fingerprint density at radius 2 is 1.65 bits per heavy atom. The monoisotopic (exact) mass is 280 g/mol. The summed E-state index contributed by atoms with van der Waals surface area (Å²) in [5, 5.41) is 3.77. The topological polar surface area (TPSA) is 15.3 Å². The van der Waals surface area contributed by atoms with Crippen LogP contribution in [0.15, 0.2) is 0 Å². The van der Waals surface area contributed by atoms with Crippen LogP contribution in [0.25, 0.3) is 0 Å². The summed E-state index contributed by atoms with van der Waals surface area (Å²) in [6, 6.07) is 2.32. The summed E-state index contributed by atoms with van der Waals surface area (Å²) in [5.41, 5.74) is 0.585. The van der Waals surface area contributed by atoms with Crippen molar-refractivity contribution in [3.05, 3.63) is 0 Å². The van der Waals surface area contributed by atoms with Gasteiger partial charge in [-0.2, -0.15) is 0 Å². The van der Waals surface area contributed by atoms with Gasteiger partial charge in [0.2, 0.25) is 0 Å². The normalized spacial score (nSPS) is 32.2. The number of hydrogen-bond donors (Lipinski definition) is 1.